The Kier molecular flexibility index (Phi) is 3.70. The highest BCUT2D eigenvalue weighted by Gasteiger charge is 2.31. The first-order valence-corrected chi connectivity index (χ1v) is 6.92. The predicted octanol–water partition coefficient (Wildman–Crippen LogP) is 1.69. The van der Waals surface area contributed by atoms with Gasteiger partial charge < -0.3 is 9.80 Å². The molecule has 6 nitrogen and oxygen atoms in total. The van der Waals surface area contributed by atoms with Gasteiger partial charge in [-0.3, -0.25) is 9.48 Å². The molecule has 1 fully saturated rings. The van der Waals surface area contributed by atoms with Gasteiger partial charge in [0, 0.05) is 32.5 Å². The van der Waals surface area contributed by atoms with E-state index < -0.39 is 11.7 Å². The lowest BCUT2D eigenvalue weighted by Crippen LogP contribution is -2.50. The molecule has 0 bridgehead atoms. The van der Waals surface area contributed by atoms with Crippen molar-refractivity contribution in [3.05, 3.63) is 36.3 Å². The third-order valence-electron chi connectivity index (χ3n) is 3.62. The Morgan fingerprint density at radius 2 is 1.96 bits per heavy atom. The number of hydrogen-bond acceptors (Lipinski definition) is 4. The van der Waals surface area contributed by atoms with Gasteiger partial charge in [0.25, 0.3) is 0 Å². The van der Waals surface area contributed by atoms with Crippen LogP contribution in [-0.2, 0) is 18.0 Å². The molecule has 1 amide bonds. The Morgan fingerprint density at radius 3 is 2.48 bits per heavy atom. The molecule has 3 rings (SSSR count). The van der Waals surface area contributed by atoms with Crippen LogP contribution in [0.1, 0.15) is 5.56 Å². The molecular formula is C14H14F3N5O. The van der Waals surface area contributed by atoms with Crippen molar-refractivity contribution in [2.75, 3.05) is 29.4 Å². The maximum Gasteiger partial charge on any atom is 0.417 e. The lowest BCUT2D eigenvalue weighted by molar-refractivity contribution is -0.137. The zero-order valence-corrected chi connectivity index (χ0v) is 12.3. The van der Waals surface area contributed by atoms with E-state index in [4.69, 9.17) is 0 Å². The van der Waals surface area contributed by atoms with Crippen molar-refractivity contribution >= 4 is 17.4 Å². The summed E-state index contributed by atoms with van der Waals surface area (Å²) in [4.78, 5) is 19.3. The van der Waals surface area contributed by atoms with Gasteiger partial charge in [-0.15, -0.1) is 0 Å². The molecular weight excluding hydrogens is 311 g/mol. The molecule has 3 heterocycles. The summed E-state index contributed by atoms with van der Waals surface area (Å²) in [6, 6.07) is 2.26. The normalized spacial score (nSPS) is 16.1. The quantitative estimate of drug-likeness (QED) is 0.843. The molecule has 2 aromatic rings. The van der Waals surface area contributed by atoms with E-state index in [1.165, 1.54) is 6.07 Å². The molecule has 9 heteroatoms. The van der Waals surface area contributed by atoms with Crippen LogP contribution in [0.25, 0.3) is 0 Å². The Hall–Kier alpha value is -2.58. The minimum absolute atomic E-state index is 0.0628. The average Bonchev–Trinajstić information content (AvgIpc) is 2.92. The number of nitrogens with zero attached hydrogens (tertiary/aromatic N) is 5. The molecule has 0 N–H and O–H groups in total. The summed E-state index contributed by atoms with van der Waals surface area (Å²) in [5.74, 6) is 0.211. The van der Waals surface area contributed by atoms with Gasteiger partial charge in [0.1, 0.15) is 5.82 Å². The van der Waals surface area contributed by atoms with Gasteiger partial charge in [0.2, 0.25) is 5.91 Å². The first kappa shape index (κ1) is 15.3. The number of piperazine rings is 1. The van der Waals surface area contributed by atoms with Crippen LogP contribution in [0.5, 0.6) is 0 Å². The van der Waals surface area contributed by atoms with Crippen LogP contribution in [0.4, 0.5) is 24.7 Å². The molecule has 0 aromatic carbocycles. The number of carbonyl (C=O) groups is 1. The summed E-state index contributed by atoms with van der Waals surface area (Å²) in [5.41, 5.74) is -0.0981. The molecule has 0 aliphatic carbocycles. The van der Waals surface area contributed by atoms with Gasteiger partial charge in [0.05, 0.1) is 24.0 Å². The standard InChI is InChI=1S/C14H14F3N5O/c1-20-8-11(7-19-20)22-5-4-21(9-13(22)23)12-3-2-10(6-18-12)14(15,16)17/h2-3,6-8H,4-5,9H2,1H3. The van der Waals surface area contributed by atoms with E-state index in [1.54, 1.807) is 33.9 Å². The SMILES string of the molecule is Cn1cc(N2CCN(c3ccc(C(F)(F)F)cn3)CC2=O)cn1. The summed E-state index contributed by atoms with van der Waals surface area (Å²) >= 11 is 0. The van der Waals surface area contributed by atoms with Crippen LogP contribution in [0.2, 0.25) is 0 Å². The minimum Gasteiger partial charge on any atom is -0.345 e. The zero-order chi connectivity index (χ0) is 16.6. The van der Waals surface area contributed by atoms with Crippen molar-refractivity contribution in [2.24, 2.45) is 7.05 Å². The van der Waals surface area contributed by atoms with Crippen molar-refractivity contribution in [2.45, 2.75) is 6.18 Å². The minimum atomic E-state index is -4.42. The number of halogens is 3. The van der Waals surface area contributed by atoms with Crippen LogP contribution in [0.3, 0.4) is 0 Å². The monoisotopic (exact) mass is 325 g/mol. The summed E-state index contributed by atoms with van der Waals surface area (Å²) < 4.78 is 39.2. The van der Waals surface area contributed by atoms with Crippen LogP contribution >= 0.6 is 0 Å². The van der Waals surface area contributed by atoms with E-state index >= 15 is 0 Å². The highest BCUT2D eigenvalue weighted by atomic mass is 19.4. The molecule has 122 valence electrons. The predicted molar refractivity (Wildman–Crippen MR) is 77.0 cm³/mol. The largest absolute Gasteiger partial charge is 0.417 e. The van der Waals surface area contributed by atoms with E-state index in [1.807, 2.05) is 0 Å². The third-order valence-corrected chi connectivity index (χ3v) is 3.62. The highest BCUT2D eigenvalue weighted by molar-refractivity contribution is 5.97. The first-order chi connectivity index (χ1) is 10.8. The molecule has 0 spiro atoms. The fourth-order valence-electron chi connectivity index (χ4n) is 2.43. The number of amides is 1. The van der Waals surface area contributed by atoms with Crippen molar-refractivity contribution in [1.29, 1.82) is 0 Å². The second-order valence-electron chi connectivity index (χ2n) is 5.24. The maximum atomic E-state index is 12.5. The molecule has 1 saturated heterocycles. The van der Waals surface area contributed by atoms with Crippen molar-refractivity contribution in [3.8, 4) is 0 Å². The van der Waals surface area contributed by atoms with Crippen molar-refractivity contribution in [3.63, 3.8) is 0 Å². The Balaban J connectivity index is 1.71. The van der Waals surface area contributed by atoms with Gasteiger partial charge in [-0.1, -0.05) is 0 Å². The number of carbonyl (C=O) groups excluding carboxylic acids is 1. The summed E-state index contributed by atoms with van der Waals surface area (Å²) in [7, 11) is 1.76. The van der Waals surface area contributed by atoms with Gasteiger partial charge in [-0.05, 0) is 12.1 Å². The van der Waals surface area contributed by atoms with Crippen LogP contribution < -0.4 is 9.80 Å². The van der Waals surface area contributed by atoms with Crippen LogP contribution in [0.15, 0.2) is 30.7 Å². The number of aryl methyl sites for hydroxylation is 1. The fraction of sp³-hybridized carbons (Fsp3) is 0.357. The van der Waals surface area contributed by atoms with E-state index in [9.17, 15) is 18.0 Å². The van der Waals surface area contributed by atoms with Gasteiger partial charge >= 0.3 is 6.18 Å². The fourth-order valence-corrected chi connectivity index (χ4v) is 2.43. The molecule has 23 heavy (non-hydrogen) atoms. The first-order valence-electron chi connectivity index (χ1n) is 6.92. The number of pyridine rings is 1. The number of hydrogen-bond donors (Lipinski definition) is 0. The second kappa shape index (κ2) is 5.56. The van der Waals surface area contributed by atoms with E-state index in [0.29, 0.717) is 24.6 Å². The highest BCUT2D eigenvalue weighted by Crippen LogP contribution is 2.29. The maximum absolute atomic E-state index is 12.5. The van der Waals surface area contributed by atoms with Gasteiger partial charge in [-0.2, -0.15) is 18.3 Å². The molecule has 1 aliphatic rings. The Labute approximate surface area is 130 Å². The van der Waals surface area contributed by atoms with Crippen molar-refractivity contribution in [1.82, 2.24) is 14.8 Å². The summed E-state index contributed by atoms with van der Waals surface area (Å²) in [5, 5.41) is 4.03. The van der Waals surface area contributed by atoms with Crippen molar-refractivity contribution < 1.29 is 18.0 Å². The smallest absolute Gasteiger partial charge is 0.345 e. The molecule has 0 unspecified atom stereocenters. The molecule has 2 aromatic heterocycles. The molecule has 0 atom stereocenters. The number of rotatable bonds is 2. The van der Waals surface area contributed by atoms with E-state index in [-0.39, 0.29) is 12.5 Å². The molecule has 1 aliphatic heterocycles. The van der Waals surface area contributed by atoms with E-state index in [2.05, 4.69) is 10.1 Å². The topological polar surface area (TPSA) is 54.3 Å². The van der Waals surface area contributed by atoms with Crippen LogP contribution in [0, 0.1) is 0 Å². The summed E-state index contributed by atoms with van der Waals surface area (Å²) in [6.07, 6.45) is -0.290. The average molecular weight is 325 g/mol. The van der Waals surface area contributed by atoms with E-state index in [0.717, 1.165) is 12.3 Å². The third kappa shape index (κ3) is 3.13. The number of aromatic nitrogens is 3. The number of alkyl halides is 3. The molecule has 0 saturated carbocycles. The zero-order valence-electron chi connectivity index (χ0n) is 12.3. The number of anilines is 2. The van der Waals surface area contributed by atoms with Gasteiger partial charge in [0.15, 0.2) is 0 Å². The lowest BCUT2D eigenvalue weighted by Gasteiger charge is -2.34. The summed E-state index contributed by atoms with van der Waals surface area (Å²) in [6.45, 7) is 0.972. The van der Waals surface area contributed by atoms with Gasteiger partial charge in [-0.25, -0.2) is 4.98 Å². The second-order valence-corrected chi connectivity index (χ2v) is 5.24. The molecule has 0 radical (unpaired) electrons. The lowest BCUT2D eigenvalue weighted by atomic mass is 10.2. The Bertz CT molecular complexity index is 710. The van der Waals surface area contributed by atoms with Crippen LogP contribution in [-0.4, -0.2) is 40.3 Å². The Morgan fingerprint density at radius 1 is 1.17 bits per heavy atom.